The zero-order chi connectivity index (χ0) is 29.0. The van der Waals surface area contributed by atoms with Gasteiger partial charge in [-0.3, -0.25) is 0 Å². The van der Waals surface area contributed by atoms with Crippen molar-refractivity contribution < 1.29 is 17.9 Å². The summed E-state index contributed by atoms with van der Waals surface area (Å²) < 4.78 is 42.6. The molecule has 0 amide bonds. The number of halogens is 3. The van der Waals surface area contributed by atoms with Crippen LogP contribution in [-0.2, 0) is 0 Å². The van der Waals surface area contributed by atoms with Gasteiger partial charge in [0, 0.05) is 22.5 Å². The first kappa shape index (κ1) is 27.9. The fraction of sp³-hybridized carbons (Fsp3) is 0.129. The number of alkyl halides is 3. The molecule has 5 aromatic rings. The second-order valence-corrected chi connectivity index (χ2v) is 9.91. The Balaban J connectivity index is 1.25. The lowest BCUT2D eigenvalue weighted by Crippen LogP contribution is -2.19. The molecule has 4 aromatic carbocycles. The quantitative estimate of drug-likeness (QED) is 0.191. The van der Waals surface area contributed by atoms with Crippen LogP contribution in [0.25, 0.3) is 28.2 Å². The minimum atomic E-state index is -4.74. The third-order valence-electron chi connectivity index (χ3n) is 6.28. The van der Waals surface area contributed by atoms with E-state index in [-0.39, 0.29) is 5.75 Å². The molecule has 10 heteroatoms. The van der Waals surface area contributed by atoms with Crippen molar-refractivity contribution in [1.82, 2.24) is 14.8 Å². The molecule has 41 heavy (non-hydrogen) atoms. The molecule has 0 aliphatic rings. The van der Waals surface area contributed by atoms with Gasteiger partial charge in [-0.15, -0.1) is 18.3 Å². The minimum Gasteiger partial charge on any atom is -0.406 e. The van der Waals surface area contributed by atoms with Crippen molar-refractivity contribution >= 4 is 28.7 Å². The van der Waals surface area contributed by atoms with Gasteiger partial charge in [0.15, 0.2) is 10.9 Å². The van der Waals surface area contributed by atoms with Gasteiger partial charge in [0.05, 0.1) is 5.69 Å². The summed E-state index contributed by atoms with van der Waals surface area (Å²) in [6.07, 6.45) is -3.25. The summed E-state index contributed by atoms with van der Waals surface area (Å²) in [5, 5.41) is 11.4. The van der Waals surface area contributed by atoms with E-state index < -0.39 is 6.36 Å². The molecule has 5 rings (SSSR count). The van der Waals surface area contributed by atoms with E-state index in [9.17, 15) is 13.2 Å². The zero-order valence-electron chi connectivity index (χ0n) is 22.2. The Morgan fingerprint density at radius 1 is 0.829 bits per heavy atom. The number of anilines is 2. The third-order valence-corrected chi connectivity index (χ3v) is 6.48. The van der Waals surface area contributed by atoms with Gasteiger partial charge in [0.2, 0.25) is 0 Å². The second kappa shape index (κ2) is 11.8. The van der Waals surface area contributed by atoms with Crippen LogP contribution in [0.5, 0.6) is 5.75 Å². The highest BCUT2D eigenvalue weighted by Crippen LogP contribution is 2.34. The Bertz CT molecular complexity index is 1650. The normalized spacial score (nSPS) is 11.4. The second-order valence-electron chi connectivity index (χ2n) is 9.50. The molecule has 0 aliphatic heterocycles. The van der Waals surface area contributed by atoms with E-state index in [0.29, 0.717) is 22.5 Å². The molecule has 0 unspecified atom stereocenters. The average Bonchev–Trinajstić information content (AvgIpc) is 3.44. The first-order valence-electron chi connectivity index (χ1n) is 12.8. The highest BCUT2D eigenvalue weighted by atomic mass is 32.1. The predicted molar refractivity (Wildman–Crippen MR) is 159 cm³/mol. The SMILES string of the molecule is CC(C)c1ccccc1-c1ccccc1NC(=S)Nc1ccc(-c2ncn(-c3ccc(OC(F)(F)F)cc3)n2)cc1. The average molecular weight is 574 g/mol. The summed E-state index contributed by atoms with van der Waals surface area (Å²) in [5.41, 5.74) is 6.49. The van der Waals surface area contributed by atoms with Gasteiger partial charge in [0.25, 0.3) is 0 Å². The Kier molecular flexibility index (Phi) is 8.02. The maximum Gasteiger partial charge on any atom is 0.573 e. The number of benzene rings is 4. The number of para-hydroxylation sites is 1. The maximum absolute atomic E-state index is 12.4. The molecule has 1 aromatic heterocycles. The van der Waals surface area contributed by atoms with Crippen LogP contribution in [0.2, 0.25) is 0 Å². The molecule has 0 saturated carbocycles. The van der Waals surface area contributed by atoms with Crippen LogP contribution in [0.3, 0.4) is 0 Å². The standard InChI is InChI=1S/C31H26F3N5OS/c1-20(2)25-7-3-4-8-26(25)27-9-5-6-10-28(27)37-30(41)36-22-13-11-21(12-14-22)29-35-19-39(38-29)23-15-17-24(18-16-23)40-31(32,33)34/h3-20H,1-2H3,(H2,36,37,41). The van der Waals surface area contributed by atoms with Gasteiger partial charge in [-0.25, -0.2) is 9.67 Å². The number of nitrogens with one attached hydrogen (secondary N) is 2. The first-order valence-corrected chi connectivity index (χ1v) is 13.2. The van der Waals surface area contributed by atoms with E-state index in [1.54, 1.807) is 0 Å². The van der Waals surface area contributed by atoms with Gasteiger partial charge < -0.3 is 15.4 Å². The van der Waals surface area contributed by atoms with Crippen molar-refractivity contribution in [2.45, 2.75) is 26.1 Å². The Morgan fingerprint density at radius 3 is 2.17 bits per heavy atom. The number of thiocarbonyl (C=S) groups is 1. The molecule has 0 spiro atoms. The smallest absolute Gasteiger partial charge is 0.406 e. The molecule has 0 atom stereocenters. The molecule has 0 saturated heterocycles. The summed E-state index contributed by atoms with van der Waals surface area (Å²) in [7, 11) is 0. The largest absolute Gasteiger partial charge is 0.573 e. The minimum absolute atomic E-state index is 0.305. The zero-order valence-corrected chi connectivity index (χ0v) is 23.0. The van der Waals surface area contributed by atoms with Crippen LogP contribution in [0, 0.1) is 0 Å². The van der Waals surface area contributed by atoms with Gasteiger partial charge in [-0.1, -0.05) is 56.3 Å². The van der Waals surface area contributed by atoms with Crippen molar-refractivity contribution in [3.05, 3.63) is 109 Å². The first-order chi connectivity index (χ1) is 19.7. The summed E-state index contributed by atoms with van der Waals surface area (Å²) in [5.74, 6) is 0.536. The van der Waals surface area contributed by atoms with Crippen LogP contribution in [0.4, 0.5) is 24.5 Å². The number of ether oxygens (including phenoxy) is 1. The summed E-state index contributed by atoms with van der Waals surface area (Å²) in [6, 6.07) is 29.3. The van der Waals surface area contributed by atoms with Crippen LogP contribution < -0.4 is 15.4 Å². The molecule has 208 valence electrons. The molecule has 6 nitrogen and oxygen atoms in total. The van der Waals surface area contributed by atoms with Gasteiger partial charge in [0.1, 0.15) is 12.1 Å². The summed E-state index contributed by atoms with van der Waals surface area (Å²) in [6.45, 7) is 4.36. The fourth-order valence-electron chi connectivity index (χ4n) is 4.38. The van der Waals surface area contributed by atoms with E-state index in [2.05, 4.69) is 63.6 Å². The maximum atomic E-state index is 12.4. The van der Waals surface area contributed by atoms with Crippen LogP contribution in [0.1, 0.15) is 25.3 Å². The van der Waals surface area contributed by atoms with Crippen LogP contribution >= 0.6 is 12.2 Å². The van der Waals surface area contributed by atoms with Crippen molar-refractivity contribution in [3.8, 4) is 34.0 Å². The van der Waals surface area contributed by atoms with E-state index >= 15 is 0 Å². The molecular formula is C31H26F3N5OS. The lowest BCUT2D eigenvalue weighted by molar-refractivity contribution is -0.274. The van der Waals surface area contributed by atoms with E-state index in [0.717, 1.165) is 28.1 Å². The lowest BCUT2D eigenvalue weighted by Gasteiger charge is -2.18. The monoisotopic (exact) mass is 573 g/mol. The predicted octanol–water partition coefficient (Wildman–Crippen LogP) is 8.43. The summed E-state index contributed by atoms with van der Waals surface area (Å²) in [4.78, 5) is 4.33. The number of nitrogens with zero attached hydrogens (tertiary/aromatic N) is 3. The highest BCUT2D eigenvalue weighted by Gasteiger charge is 2.31. The third kappa shape index (κ3) is 6.90. The topological polar surface area (TPSA) is 64.0 Å². The molecule has 1 heterocycles. The molecule has 0 fully saturated rings. The van der Waals surface area contributed by atoms with E-state index in [4.69, 9.17) is 12.2 Å². The van der Waals surface area contributed by atoms with E-state index in [1.165, 1.54) is 40.8 Å². The Hall–Kier alpha value is -4.70. The molecule has 2 N–H and O–H groups in total. The van der Waals surface area contributed by atoms with Gasteiger partial charge in [-0.2, -0.15) is 0 Å². The van der Waals surface area contributed by atoms with Crippen molar-refractivity contribution in [2.75, 3.05) is 10.6 Å². The number of aromatic nitrogens is 3. The summed E-state index contributed by atoms with van der Waals surface area (Å²) >= 11 is 5.61. The highest BCUT2D eigenvalue weighted by molar-refractivity contribution is 7.80. The van der Waals surface area contributed by atoms with Crippen molar-refractivity contribution in [1.29, 1.82) is 0 Å². The number of hydrogen-bond donors (Lipinski definition) is 2. The van der Waals surface area contributed by atoms with Crippen LogP contribution in [-0.4, -0.2) is 26.2 Å². The van der Waals surface area contributed by atoms with Crippen molar-refractivity contribution in [3.63, 3.8) is 0 Å². The molecule has 0 bridgehead atoms. The molecule has 0 radical (unpaired) electrons. The van der Waals surface area contributed by atoms with Gasteiger partial charge >= 0.3 is 6.36 Å². The van der Waals surface area contributed by atoms with Crippen molar-refractivity contribution in [2.24, 2.45) is 0 Å². The van der Waals surface area contributed by atoms with Gasteiger partial charge in [-0.05, 0) is 83.9 Å². The number of hydrogen-bond acceptors (Lipinski definition) is 4. The Labute approximate surface area is 240 Å². The lowest BCUT2D eigenvalue weighted by atomic mass is 9.92. The number of rotatable bonds is 7. The molecule has 0 aliphatic carbocycles. The van der Waals surface area contributed by atoms with Crippen LogP contribution in [0.15, 0.2) is 103 Å². The Morgan fingerprint density at radius 2 is 1.49 bits per heavy atom. The molecular weight excluding hydrogens is 547 g/mol. The fourth-order valence-corrected chi connectivity index (χ4v) is 4.61. The van der Waals surface area contributed by atoms with E-state index in [1.807, 2.05) is 48.5 Å².